The maximum atomic E-state index is 13.3. The largest absolute Gasteiger partial charge is 0.314 e. The van der Waals surface area contributed by atoms with Crippen LogP contribution in [0.2, 0.25) is 0 Å². The van der Waals surface area contributed by atoms with E-state index in [1.807, 2.05) is 12.1 Å². The minimum atomic E-state index is -0.153. The van der Waals surface area contributed by atoms with Gasteiger partial charge in [0.15, 0.2) is 0 Å². The zero-order valence-electron chi connectivity index (χ0n) is 13.4. The van der Waals surface area contributed by atoms with Crippen LogP contribution in [0, 0.1) is 5.82 Å². The van der Waals surface area contributed by atoms with Gasteiger partial charge in [-0.25, -0.2) is 4.39 Å². The van der Waals surface area contributed by atoms with Crippen molar-refractivity contribution in [3.05, 3.63) is 35.6 Å². The number of hydrogen-bond acceptors (Lipinski definition) is 4. The van der Waals surface area contributed by atoms with Crippen LogP contribution in [0.4, 0.5) is 4.39 Å². The SMILES string of the molecule is CN1CCNC[C@H]1[C@H](CN1CCNCC1)c1ccc(F)cc1. The van der Waals surface area contributed by atoms with E-state index in [0.29, 0.717) is 12.0 Å². The number of piperazine rings is 2. The minimum Gasteiger partial charge on any atom is -0.314 e. The summed E-state index contributed by atoms with van der Waals surface area (Å²) in [6.07, 6.45) is 0. The highest BCUT2D eigenvalue weighted by molar-refractivity contribution is 5.23. The Bertz CT molecular complexity index is 458. The molecule has 2 saturated heterocycles. The predicted octanol–water partition coefficient (Wildman–Crippen LogP) is 0.718. The molecule has 2 fully saturated rings. The van der Waals surface area contributed by atoms with Crippen molar-refractivity contribution < 1.29 is 4.39 Å². The summed E-state index contributed by atoms with van der Waals surface area (Å²) in [7, 11) is 2.21. The molecule has 0 unspecified atom stereocenters. The molecule has 0 spiro atoms. The maximum Gasteiger partial charge on any atom is 0.123 e. The Morgan fingerprint density at radius 3 is 2.45 bits per heavy atom. The molecule has 2 N–H and O–H groups in total. The van der Waals surface area contributed by atoms with E-state index in [9.17, 15) is 4.39 Å². The fourth-order valence-electron chi connectivity index (χ4n) is 3.61. The van der Waals surface area contributed by atoms with Crippen molar-refractivity contribution in [3.8, 4) is 0 Å². The Kier molecular flexibility index (Phi) is 5.41. The van der Waals surface area contributed by atoms with Crippen molar-refractivity contribution in [1.29, 1.82) is 0 Å². The first-order valence-electron chi connectivity index (χ1n) is 8.33. The molecular weight excluding hydrogens is 279 g/mol. The monoisotopic (exact) mass is 306 g/mol. The van der Waals surface area contributed by atoms with Crippen LogP contribution in [0.25, 0.3) is 0 Å². The zero-order valence-corrected chi connectivity index (χ0v) is 13.4. The number of hydrogen-bond donors (Lipinski definition) is 2. The zero-order chi connectivity index (χ0) is 15.4. The lowest BCUT2D eigenvalue weighted by atomic mass is 9.88. The van der Waals surface area contributed by atoms with Crippen LogP contribution in [0.3, 0.4) is 0 Å². The number of halogens is 1. The molecule has 0 radical (unpaired) electrons. The van der Waals surface area contributed by atoms with Crippen molar-refractivity contribution in [1.82, 2.24) is 20.4 Å². The molecule has 2 atom stereocenters. The molecule has 1 aromatic rings. The summed E-state index contributed by atoms with van der Waals surface area (Å²) in [6, 6.07) is 7.58. The highest BCUT2D eigenvalue weighted by atomic mass is 19.1. The van der Waals surface area contributed by atoms with Crippen LogP contribution in [-0.4, -0.2) is 75.2 Å². The van der Waals surface area contributed by atoms with Crippen molar-refractivity contribution in [3.63, 3.8) is 0 Å². The van der Waals surface area contributed by atoms with E-state index in [1.165, 1.54) is 5.56 Å². The maximum absolute atomic E-state index is 13.3. The lowest BCUT2D eigenvalue weighted by Crippen LogP contribution is -2.55. The van der Waals surface area contributed by atoms with Crippen LogP contribution in [0.1, 0.15) is 11.5 Å². The summed E-state index contributed by atoms with van der Waals surface area (Å²) in [5, 5.41) is 6.93. The summed E-state index contributed by atoms with van der Waals surface area (Å²) in [4.78, 5) is 4.99. The average molecular weight is 306 g/mol. The Labute approximate surface area is 132 Å². The highest BCUT2D eigenvalue weighted by Crippen LogP contribution is 2.26. The van der Waals surface area contributed by atoms with E-state index >= 15 is 0 Å². The lowest BCUT2D eigenvalue weighted by Gasteiger charge is -2.41. The Morgan fingerprint density at radius 1 is 1.09 bits per heavy atom. The van der Waals surface area contributed by atoms with Gasteiger partial charge in [-0.3, -0.25) is 0 Å². The molecule has 0 aliphatic carbocycles. The molecule has 2 heterocycles. The van der Waals surface area contributed by atoms with Crippen molar-refractivity contribution in [2.24, 2.45) is 0 Å². The first kappa shape index (κ1) is 15.9. The van der Waals surface area contributed by atoms with Gasteiger partial charge in [0.05, 0.1) is 0 Å². The Morgan fingerprint density at radius 2 is 1.77 bits per heavy atom. The average Bonchev–Trinajstić information content (AvgIpc) is 2.55. The third kappa shape index (κ3) is 3.84. The normalized spacial score (nSPS) is 26.0. The molecule has 0 saturated carbocycles. The topological polar surface area (TPSA) is 30.5 Å². The molecule has 1 aromatic carbocycles. The summed E-state index contributed by atoms with van der Waals surface area (Å²) in [5.41, 5.74) is 1.25. The smallest absolute Gasteiger partial charge is 0.123 e. The summed E-state index contributed by atoms with van der Waals surface area (Å²) in [6.45, 7) is 8.50. The van der Waals surface area contributed by atoms with Gasteiger partial charge in [0, 0.05) is 64.3 Å². The minimum absolute atomic E-state index is 0.153. The third-order valence-corrected chi connectivity index (χ3v) is 4.99. The number of rotatable bonds is 4. The van der Waals surface area contributed by atoms with Crippen LogP contribution >= 0.6 is 0 Å². The number of nitrogens with one attached hydrogen (secondary N) is 2. The second-order valence-corrected chi connectivity index (χ2v) is 6.46. The van der Waals surface area contributed by atoms with Crippen LogP contribution in [-0.2, 0) is 0 Å². The van der Waals surface area contributed by atoms with Crippen LogP contribution in [0.15, 0.2) is 24.3 Å². The van der Waals surface area contributed by atoms with Gasteiger partial charge in [-0.05, 0) is 24.7 Å². The molecule has 0 bridgehead atoms. The summed E-state index contributed by atoms with van der Waals surface area (Å²) < 4.78 is 13.3. The molecule has 0 amide bonds. The standard InChI is InChI=1S/C17H27FN4/c1-21-9-6-20-12-17(21)16(13-22-10-7-19-8-11-22)14-2-4-15(18)5-3-14/h2-5,16-17,19-20H,6-13H2,1H3/t16-,17+/m1/s1. The fraction of sp³-hybridized carbons (Fsp3) is 0.647. The predicted molar refractivity (Wildman–Crippen MR) is 87.7 cm³/mol. The molecule has 3 rings (SSSR count). The number of benzene rings is 1. The van der Waals surface area contributed by atoms with Gasteiger partial charge in [-0.2, -0.15) is 0 Å². The summed E-state index contributed by atoms with van der Waals surface area (Å²) in [5.74, 6) is 0.260. The quantitative estimate of drug-likeness (QED) is 0.858. The Balaban J connectivity index is 1.78. The van der Waals surface area contributed by atoms with E-state index < -0.39 is 0 Å². The van der Waals surface area contributed by atoms with E-state index in [2.05, 4.69) is 27.5 Å². The molecule has 2 aliphatic heterocycles. The second-order valence-electron chi connectivity index (χ2n) is 6.46. The highest BCUT2D eigenvalue weighted by Gasteiger charge is 2.30. The number of likely N-dealkylation sites (N-methyl/N-ethyl adjacent to an activating group) is 1. The molecular formula is C17H27FN4. The van der Waals surface area contributed by atoms with Gasteiger partial charge in [-0.1, -0.05) is 12.1 Å². The van der Waals surface area contributed by atoms with Crippen LogP contribution < -0.4 is 10.6 Å². The van der Waals surface area contributed by atoms with Crippen molar-refractivity contribution >= 4 is 0 Å². The van der Waals surface area contributed by atoms with Gasteiger partial charge in [0.1, 0.15) is 5.82 Å². The van der Waals surface area contributed by atoms with Gasteiger partial charge in [0.25, 0.3) is 0 Å². The van der Waals surface area contributed by atoms with Crippen molar-refractivity contribution in [2.75, 3.05) is 59.4 Å². The van der Waals surface area contributed by atoms with E-state index in [4.69, 9.17) is 0 Å². The molecule has 122 valence electrons. The van der Waals surface area contributed by atoms with E-state index in [-0.39, 0.29) is 5.82 Å². The van der Waals surface area contributed by atoms with E-state index in [0.717, 1.165) is 52.4 Å². The summed E-state index contributed by atoms with van der Waals surface area (Å²) >= 11 is 0. The first-order valence-corrected chi connectivity index (χ1v) is 8.33. The van der Waals surface area contributed by atoms with Gasteiger partial charge < -0.3 is 20.4 Å². The first-order chi connectivity index (χ1) is 10.7. The second kappa shape index (κ2) is 7.51. The number of nitrogens with zero attached hydrogens (tertiary/aromatic N) is 2. The van der Waals surface area contributed by atoms with E-state index in [1.54, 1.807) is 12.1 Å². The van der Waals surface area contributed by atoms with Gasteiger partial charge in [0.2, 0.25) is 0 Å². The molecule has 5 heteroatoms. The fourth-order valence-corrected chi connectivity index (χ4v) is 3.61. The van der Waals surface area contributed by atoms with Crippen LogP contribution in [0.5, 0.6) is 0 Å². The molecule has 4 nitrogen and oxygen atoms in total. The van der Waals surface area contributed by atoms with Gasteiger partial charge >= 0.3 is 0 Å². The molecule has 2 aliphatic rings. The molecule has 22 heavy (non-hydrogen) atoms. The molecule has 0 aromatic heterocycles. The third-order valence-electron chi connectivity index (χ3n) is 4.99. The Hall–Kier alpha value is -1.01. The van der Waals surface area contributed by atoms with Gasteiger partial charge in [-0.15, -0.1) is 0 Å². The lowest BCUT2D eigenvalue weighted by molar-refractivity contribution is 0.137. The van der Waals surface area contributed by atoms with Crippen molar-refractivity contribution in [2.45, 2.75) is 12.0 Å².